The summed E-state index contributed by atoms with van der Waals surface area (Å²) in [6, 6.07) is 13.5. The Bertz CT molecular complexity index is 978. The maximum atomic E-state index is 12.7. The molecule has 1 unspecified atom stereocenters. The lowest BCUT2D eigenvalue weighted by Gasteiger charge is -2.13. The molecule has 1 aliphatic heterocycles. The maximum absolute atomic E-state index is 12.7. The zero-order chi connectivity index (χ0) is 21.0. The van der Waals surface area contributed by atoms with Gasteiger partial charge in [-0.15, -0.1) is 0 Å². The molecule has 2 aromatic rings. The lowest BCUT2D eigenvalue weighted by molar-refractivity contribution is -0.384. The first-order valence-electron chi connectivity index (χ1n) is 9.05. The Kier molecular flexibility index (Phi) is 6.28. The Morgan fingerprint density at radius 2 is 2.00 bits per heavy atom. The summed E-state index contributed by atoms with van der Waals surface area (Å²) < 4.78 is 0. The van der Waals surface area contributed by atoms with Gasteiger partial charge < -0.3 is 5.32 Å². The van der Waals surface area contributed by atoms with E-state index in [-0.39, 0.29) is 23.9 Å². The summed E-state index contributed by atoms with van der Waals surface area (Å²) >= 11 is 1.20. The maximum Gasteiger partial charge on any atom is 0.271 e. The fraction of sp³-hybridized carbons (Fsp3) is 0.250. The number of nitrogens with one attached hydrogen (secondary N) is 1. The van der Waals surface area contributed by atoms with Crippen LogP contribution in [0.1, 0.15) is 18.9 Å². The van der Waals surface area contributed by atoms with Gasteiger partial charge in [0, 0.05) is 30.8 Å². The predicted octanol–water partition coefficient (Wildman–Crippen LogP) is 3.88. The third kappa shape index (κ3) is 4.80. The number of aryl methyl sites for hydroxylation is 1. The van der Waals surface area contributed by atoms with E-state index in [9.17, 15) is 19.7 Å². The summed E-state index contributed by atoms with van der Waals surface area (Å²) in [7, 11) is 0. The zero-order valence-electron chi connectivity index (χ0n) is 16.0. The van der Waals surface area contributed by atoms with Gasteiger partial charge in [-0.05, 0) is 31.5 Å². The summed E-state index contributed by atoms with van der Waals surface area (Å²) in [4.78, 5) is 41.6. The number of carbonyl (C=O) groups excluding carboxylic acids is 2. The van der Waals surface area contributed by atoms with Crippen molar-refractivity contribution in [1.29, 1.82) is 0 Å². The lowest BCUT2D eigenvalue weighted by Crippen LogP contribution is -2.33. The zero-order valence-corrected chi connectivity index (χ0v) is 16.8. The van der Waals surface area contributed by atoms with E-state index in [1.807, 2.05) is 25.1 Å². The van der Waals surface area contributed by atoms with Gasteiger partial charge in [-0.1, -0.05) is 36.0 Å². The fourth-order valence-electron chi connectivity index (χ4n) is 2.85. The molecular formula is C20H20N4O4S. The van der Waals surface area contributed by atoms with E-state index in [1.54, 1.807) is 25.1 Å². The van der Waals surface area contributed by atoms with Gasteiger partial charge in [0.2, 0.25) is 11.8 Å². The number of para-hydroxylation sites is 1. The second-order valence-corrected chi connectivity index (χ2v) is 7.60. The topological polar surface area (TPSA) is 105 Å². The average molecular weight is 412 g/mol. The molecule has 1 N–H and O–H groups in total. The standard InChI is InChI=1S/C20H20N4O4S/c1-3-23-19(26)17(12-18(25)21-14-7-5-4-6-8-14)29-20(23)22-16-11-15(24(27)28)10-9-13(16)2/h4-11,17H,3,12H2,1-2H3,(H,21,25). The van der Waals surface area contributed by atoms with E-state index < -0.39 is 10.2 Å². The summed E-state index contributed by atoms with van der Waals surface area (Å²) in [6.07, 6.45) is 0.0157. The molecule has 29 heavy (non-hydrogen) atoms. The molecule has 0 spiro atoms. The number of amidine groups is 1. The molecule has 0 saturated carbocycles. The van der Waals surface area contributed by atoms with Crippen LogP contribution in [-0.2, 0) is 9.59 Å². The number of thioether (sulfide) groups is 1. The number of non-ortho nitro benzene ring substituents is 1. The quantitative estimate of drug-likeness (QED) is 0.572. The van der Waals surface area contributed by atoms with Crippen molar-refractivity contribution in [2.75, 3.05) is 11.9 Å². The molecule has 3 rings (SSSR count). The van der Waals surface area contributed by atoms with Crippen LogP contribution >= 0.6 is 11.8 Å². The monoisotopic (exact) mass is 412 g/mol. The number of anilines is 1. The van der Waals surface area contributed by atoms with Gasteiger partial charge in [-0.3, -0.25) is 24.6 Å². The van der Waals surface area contributed by atoms with Crippen molar-refractivity contribution < 1.29 is 14.5 Å². The van der Waals surface area contributed by atoms with Crippen LogP contribution in [0.3, 0.4) is 0 Å². The van der Waals surface area contributed by atoms with Crippen molar-refractivity contribution in [3.05, 3.63) is 64.2 Å². The molecule has 8 nitrogen and oxygen atoms in total. The number of hydrogen-bond donors (Lipinski definition) is 1. The number of aliphatic imine (C=N–C) groups is 1. The van der Waals surface area contributed by atoms with Crippen LogP contribution < -0.4 is 5.32 Å². The minimum atomic E-state index is -0.587. The van der Waals surface area contributed by atoms with E-state index in [0.717, 1.165) is 5.56 Å². The largest absolute Gasteiger partial charge is 0.326 e. The van der Waals surface area contributed by atoms with Crippen molar-refractivity contribution >= 4 is 45.8 Å². The molecule has 9 heteroatoms. The van der Waals surface area contributed by atoms with Gasteiger partial charge in [0.1, 0.15) is 5.25 Å². The fourth-order valence-corrected chi connectivity index (χ4v) is 4.07. The van der Waals surface area contributed by atoms with Gasteiger partial charge in [0.05, 0.1) is 10.6 Å². The number of nitro groups is 1. The summed E-state index contributed by atoms with van der Waals surface area (Å²) in [6.45, 7) is 4.02. The van der Waals surface area contributed by atoms with E-state index in [1.165, 1.54) is 28.8 Å². The Labute approximate surface area is 172 Å². The van der Waals surface area contributed by atoms with Crippen LogP contribution in [-0.4, -0.2) is 38.6 Å². The van der Waals surface area contributed by atoms with Crippen LogP contribution in [0.4, 0.5) is 17.1 Å². The highest BCUT2D eigenvalue weighted by atomic mass is 32.2. The summed E-state index contributed by atoms with van der Waals surface area (Å²) in [5.74, 6) is -0.451. The third-order valence-electron chi connectivity index (χ3n) is 4.38. The summed E-state index contributed by atoms with van der Waals surface area (Å²) in [5, 5.41) is 13.7. The SMILES string of the molecule is CCN1C(=O)C(CC(=O)Nc2ccccc2)SC1=Nc1cc([N+](=O)[O-])ccc1C. The molecule has 1 saturated heterocycles. The van der Waals surface area contributed by atoms with Crippen molar-refractivity contribution in [1.82, 2.24) is 4.90 Å². The Morgan fingerprint density at radius 1 is 1.28 bits per heavy atom. The first kappa shape index (κ1) is 20.5. The number of hydrogen-bond acceptors (Lipinski definition) is 6. The minimum Gasteiger partial charge on any atom is -0.326 e. The molecule has 1 atom stereocenters. The molecule has 0 aromatic heterocycles. The summed E-state index contributed by atoms with van der Waals surface area (Å²) in [5.41, 5.74) is 1.80. The smallest absolute Gasteiger partial charge is 0.271 e. The van der Waals surface area contributed by atoms with Gasteiger partial charge in [-0.2, -0.15) is 0 Å². The second-order valence-electron chi connectivity index (χ2n) is 6.43. The van der Waals surface area contributed by atoms with E-state index in [2.05, 4.69) is 10.3 Å². The van der Waals surface area contributed by atoms with Crippen LogP contribution in [0.15, 0.2) is 53.5 Å². The molecule has 1 fully saturated rings. The Balaban J connectivity index is 1.78. The molecule has 2 amide bonds. The Morgan fingerprint density at radius 3 is 2.66 bits per heavy atom. The van der Waals surface area contributed by atoms with Gasteiger partial charge in [0.15, 0.2) is 5.17 Å². The number of nitrogens with zero attached hydrogens (tertiary/aromatic N) is 3. The number of amides is 2. The van der Waals surface area contributed by atoms with Crippen molar-refractivity contribution in [2.24, 2.45) is 4.99 Å². The highest BCUT2D eigenvalue weighted by molar-refractivity contribution is 8.15. The molecule has 1 aliphatic rings. The van der Waals surface area contributed by atoms with Crippen molar-refractivity contribution in [3.8, 4) is 0 Å². The predicted molar refractivity (Wildman–Crippen MR) is 113 cm³/mol. The lowest BCUT2D eigenvalue weighted by atomic mass is 10.2. The van der Waals surface area contributed by atoms with Gasteiger partial charge in [-0.25, -0.2) is 4.99 Å². The molecular weight excluding hydrogens is 392 g/mol. The van der Waals surface area contributed by atoms with E-state index in [0.29, 0.717) is 23.1 Å². The minimum absolute atomic E-state index is 0.0157. The second kappa shape index (κ2) is 8.87. The van der Waals surface area contributed by atoms with E-state index in [4.69, 9.17) is 0 Å². The van der Waals surface area contributed by atoms with Crippen molar-refractivity contribution in [3.63, 3.8) is 0 Å². The average Bonchev–Trinajstić information content (AvgIpc) is 2.98. The first-order valence-corrected chi connectivity index (χ1v) is 9.93. The van der Waals surface area contributed by atoms with Crippen LogP contribution in [0.5, 0.6) is 0 Å². The van der Waals surface area contributed by atoms with Crippen molar-refractivity contribution in [2.45, 2.75) is 25.5 Å². The molecule has 0 aliphatic carbocycles. The van der Waals surface area contributed by atoms with Crippen LogP contribution in [0, 0.1) is 17.0 Å². The highest BCUT2D eigenvalue weighted by Crippen LogP contribution is 2.33. The third-order valence-corrected chi connectivity index (χ3v) is 5.56. The normalized spacial score (nSPS) is 17.6. The number of benzene rings is 2. The molecule has 1 heterocycles. The van der Waals surface area contributed by atoms with Gasteiger partial charge >= 0.3 is 0 Å². The molecule has 0 radical (unpaired) electrons. The van der Waals surface area contributed by atoms with Crippen LogP contribution in [0.2, 0.25) is 0 Å². The number of nitro benzene ring substituents is 1. The first-order chi connectivity index (χ1) is 13.9. The highest BCUT2D eigenvalue weighted by Gasteiger charge is 2.38. The van der Waals surface area contributed by atoms with Gasteiger partial charge in [0.25, 0.3) is 5.69 Å². The Hall–Kier alpha value is -3.20. The molecule has 2 aromatic carbocycles. The van der Waals surface area contributed by atoms with Crippen LogP contribution in [0.25, 0.3) is 0 Å². The molecule has 150 valence electrons. The number of rotatable bonds is 6. The molecule has 0 bridgehead atoms. The number of carbonyl (C=O) groups is 2. The van der Waals surface area contributed by atoms with E-state index >= 15 is 0 Å².